The maximum atomic E-state index is 13.8. The molecular weight excluding hydrogens is 917 g/mol. The zero-order valence-electron chi connectivity index (χ0n) is 35.1. The first-order chi connectivity index (χ1) is 30.6. The van der Waals surface area contributed by atoms with Gasteiger partial charge in [-0.25, -0.2) is 9.59 Å². The van der Waals surface area contributed by atoms with E-state index in [2.05, 4.69) is 31.3 Å². The number of ether oxygens (including phenoxy) is 5. The molecule has 4 aliphatic rings. The number of carboxylic acid groups (broad SMARTS) is 1. The summed E-state index contributed by atoms with van der Waals surface area (Å²) in [4.78, 5) is 40.9. The smallest absolute Gasteiger partial charge is 0.872 e. The Morgan fingerprint density at radius 3 is 2.43 bits per heavy atom. The molecule has 7 N–H and O–H groups in total. The number of nitrogens with one attached hydrogen (secondary N) is 3. The number of hydrogen-bond donors (Lipinski definition) is 7. The molecule has 4 heterocycles. The summed E-state index contributed by atoms with van der Waals surface area (Å²) >= 11 is 1.84. The van der Waals surface area contributed by atoms with Crippen molar-refractivity contribution in [3.05, 3.63) is 64.9 Å². The van der Waals surface area contributed by atoms with Gasteiger partial charge in [0.05, 0.1) is 44.7 Å². The normalized spacial score (nSPS) is 25.6. The van der Waals surface area contributed by atoms with Crippen LogP contribution < -0.4 is 77.2 Å². The van der Waals surface area contributed by atoms with Crippen LogP contribution in [0.15, 0.2) is 63.6 Å². The van der Waals surface area contributed by atoms with Gasteiger partial charge in [-0.2, -0.15) is 24.9 Å². The predicted molar refractivity (Wildman–Crippen MR) is 216 cm³/mol. The minimum atomic E-state index is -4.81. The van der Waals surface area contributed by atoms with Crippen molar-refractivity contribution in [2.45, 2.75) is 92.2 Å². The van der Waals surface area contributed by atoms with Gasteiger partial charge in [0.15, 0.2) is 0 Å². The molecule has 3 amide bonds. The molecule has 2 aromatic rings. The Morgan fingerprint density at radius 2 is 1.72 bits per heavy atom. The Labute approximate surface area is 417 Å². The number of carbonyl (C=O) groups excluding carboxylic acids is 2. The molecule has 0 spiro atoms. The minimum Gasteiger partial charge on any atom is -0.872 e. The molecule has 0 aliphatic carbocycles. The summed E-state index contributed by atoms with van der Waals surface area (Å²) in [6.45, 7) is 0.454. The van der Waals surface area contributed by atoms with Gasteiger partial charge in [0.1, 0.15) is 43.4 Å². The van der Waals surface area contributed by atoms with Gasteiger partial charge in [-0.3, -0.25) is 4.79 Å². The molecule has 3 fully saturated rings. The van der Waals surface area contributed by atoms with Crippen LogP contribution >= 0.6 is 11.8 Å². The van der Waals surface area contributed by atoms with E-state index in [1.54, 1.807) is 0 Å². The minimum absolute atomic E-state index is 0. The molecule has 3 saturated heterocycles. The Morgan fingerprint density at radius 1 is 1.00 bits per heavy atom. The summed E-state index contributed by atoms with van der Waals surface area (Å²) in [6, 6.07) is 8.80. The van der Waals surface area contributed by atoms with Gasteiger partial charge < -0.3 is 70.0 Å². The summed E-state index contributed by atoms with van der Waals surface area (Å²) in [5, 5.41) is 71.7. The molecule has 0 radical (unpaired) electrons. The standard InChI is InChI=1S/C40H49F3N6O14S.K/c41-40(42,43)39(48-49-39)24-8-7-23(20-61-45-19-29-33(52)34(53)35(54)37(63-29)62-28(36(55)56)17-22-5-9-25(50)10-6-22)27(18-24)60-16-15-59-14-13-58-12-11-44-31(51)4-2-1-3-30-32-26(21-64-30)46-38(57)47-32;/h5-10,17-19,26,29-30,32-35,37,50,52-54H,1-4,11-16,20-21H2,(H,44,51)(H,55,56)(H2,46,47,57);/q;+1/p-1/b28-17-,45-19-;/t26-,29+,30-,32-,33-,34-,35+,37+;/m0./s1. The number of urea groups is 1. The van der Waals surface area contributed by atoms with Crippen LogP contribution in [0.1, 0.15) is 42.4 Å². The predicted octanol–water partition coefficient (Wildman–Crippen LogP) is -1.35. The summed E-state index contributed by atoms with van der Waals surface area (Å²) in [5.41, 5.74) is -2.55. The van der Waals surface area contributed by atoms with E-state index in [-0.39, 0.29) is 143 Å². The SMILES string of the molecule is O=C(CCCC[C@@H]1SC[C@@H]2NC(=O)N[C@@H]21)NCCOCCOCCOc1cc(C2(C(F)(F)F)N=N2)ccc1CO/N=C\[C@H]1O[C@@H](O/C(=C\c2ccc([O-])cc2)C(=O)O)[C@H](O)[C@@H](O)[C@H]1O.[K+]. The second kappa shape index (κ2) is 24.4. The molecule has 0 bridgehead atoms. The van der Waals surface area contributed by atoms with Gasteiger partial charge in [0.2, 0.25) is 18.0 Å². The Bertz CT molecular complexity index is 2020. The number of aliphatic carboxylic acids is 1. The molecule has 6 rings (SSSR count). The van der Waals surface area contributed by atoms with Crippen molar-refractivity contribution in [1.29, 1.82) is 0 Å². The first-order valence-corrected chi connectivity index (χ1v) is 21.3. The van der Waals surface area contributed by atoms with E-state index in [0.717, 1.165) is 49.4 Å². The van der Waals surface area contributed by atoms with Gasteiger partial charge in [-0.15, -0.1) is 16.0 Å². The van der Waals surface area contributed by atoms with Crippen molar-refractivity contribution in [2.24, 2.45) is 15.4 Å². The number of hydrogen-bond acceptors (Lipinski definition) is 17. The van der Waals surface area contributed by atoms with E-state index in [1.807, 2.05) is 11.8 Å². The molecule has 8 atom stereocenters. The van der Waals surface area contributed by atoms with Gasteiger partial charge in [-0.05, 0) is 30.5 Å². The number of carbonyl (C=O) groups is 3. The number of thioether (sulfide) groups is 1. The van der Waals surface area contributed by atoms with Crippen molar-refractivity contribution in [2.75, 3.05) is 45.3 Å². The third-order valence-corrected chi connectivity index (χ3v) is 11.9. The van der Waals surface area contributed by atoms with Gasteiger partial charge >= 0.3 is 75.2 Å². The van der Waals surface area contributed by atoms with E-state index >= 15 is 0 Å². The first kappa shape index (κ1) is 52.4. The number of unbranched alkanes of at least 4 members (excludes halogenated alkanes) is 1. The summed E-state index contributed by atoms with van der Waals surface area (Å²) < 4.78 is 69.0. The number of amides is 3. The van der Waals surface area contributed by atoms with Gasteiger partial charge in [-0.1, -0.05) is 48.0 Å². The second-order valence-corrected chi connectivity index (χ2v) is 16.2. The Hall–Kier alpha value is -3.60. The third kappa shape index (κ3) is 14.4. The van der Waals surface area contributed by atoms with Crippen LogP contribution in [0.2, 0.25) is 0 Å². The first-order valence-electron chi connectivity index (χ1n) is 20.3. The third-order valence-electron chi connectivity index (χ3n) is 10.4. The average Bonchev–Trinajstić information content (AvgIpc) is 3.90. The number of rotatable bonds is 24. The largest absolute Gasteiger partial charge is 1.00 e. The van der Waals surface area contributed by atoms with Crippen molar-refractivity contribution >= 4 is 42.0 Å². The fraction of sp³-hybridized carbons (Fsp3) is 0.550. The Kier molecular flexibility index (Phi) is 19.7. The summed E-state index contributed by atoms with van der Waals surface area (Å²) in [6.07, 6.45) is -8.85. The van der Waals surface area contributed by atoms with E-state index in [9.17, 15) is 53.1 Å². The van der Waals surface area contributed by atoms with Crippen LogP contribution in [-0.4, -0.2) is 144 Å². The van der Waals surface area contributed by atoms with Crippen LogP contribution in [0, 0.1) is 0 Å². The Balaban J connectivity index is 0.00000793. The topological polar surface area (TPSA) is 284 Å². The number of aliphatic hydroxyl groups excluding tert-OH is 3. The fourth-order valence-corrected chi connectivity index (χ4v) is 8.46. The van der Waals surface area contributed by atoms with Gasteiger partial charge in [0.25, 0.3) is 0 Å². The maximum Gasteiger partial charge on any atom is 1.00 e. The number of oxime groups is 1. The maximum absolute atomic E-state index is 13.8. The quantitative estimate of drug-likeness (QED) is 0.0122. The number of benzene rings is 2. The van der Waals surface area contributed by atoms with E-state index in [0.29, 0.717) is 18.2 Å². The monoisotopic (exact) mass is 964 g/mol. The number of carboxylic acids is 1. The van der Waals surface area contributed by atoms with Crippen LogP contribution in [-0.2, 0) is 45.6 Å². The molecule has 350 valence electrons. The molecule has 4 aliphatic heterocycles. The van der Waals surface area contributed by atoms with Crippen LogP contribution in [0.4, 0.5) is 18.0 Å². The molecule has 65 heavy (non-hydrogen) atoms. The van der Waals surface area contributed by atoms with Gasteiger partial charge in [0, 0.05) is 35.1 Å². The van der Waals surface area contributed by atoms with E-state index in [4.69, 9.17) is 28.5 Å². The molecule has 0 aromatic heterocycles. The zero-order chi connectivity index (χ0) is 45.9. The molecule has 0 unspecified atom stereocenters. The molecule has 20 nitrogen and oxygen atoms in total. The van der Waals surface area contributed by atoms with Crippen molar-refractivity contribution < 1.29 is 133 Å². The number of alkyl halides is 3. The average molecular weight is 965 g/mol. The number of fused-ring (bicyclic) bond motifs is 1. The van der Waals surface area contributed by atoms with E-state index in [1.165, 1.54) is 30.3 Å². The fourth-order valence-electron chi connectivity index (χ4n) is 6.92. The van der Waals surface area contributed by atoms with Crippen molar-refractivity contribution in [3.63, 3.8) is 0 Å². The zero-order valence-corrected chi connectivity index (χ0v) is 39.0. The molecule has 0 saturated carbocycles. The molecular formula is C40H48F3KN6O14S. The van der Waals surface area contributed by atoms with Crippen molar-refractivity contribution in [3.8, 4) is 11.5 Å². The second-order valence-electron chi connectivity index (χ2n) is 15.0. The number of aliphatic hydroxyl groups is 3. The number of halogens is 3. The van der Waals surface area contributed by atoms with Crippen LogP contribution in [0.3, 0.4) is 0 Å². The summed E-state index contributed by atoms with van der Waals surface area (Å²) in [5.74, 6) is -1.84. The molecule has 2 aromatic carbocycles. The van der Waals surface area contributed by atoms with Crippen LogP contribution in [0.5, 0.6) is 11.5 Å². The molecule has 25 heteroatoms. The van der Waals surface area contributed by atoms with Crippen LogP contribution in [0.25, 0.3) is 6.08 Å². The van der Waals surface area contributed by atoms with E-state index < -0.39 is 54.3 Å². The summed E-state index contributed by atoms with van der Waals surface area (Å²) in [7, 11) is 0. The number of nitrogens with zero attached hydrogens (tertiary/aromatic N) is 3. The van der Waals surface area contributed by atoms with Crippen molar-refractivity contribution in [1.82, 2.24) is 16.0 Å².